The van der Waals surface area contributed by atoms with E-state index in [4.69, 9.17) is 5.73 Å². The van der Waals surface area contributed by atoms with Crippen molar-refractivity contribution >= 4 is 17.3 Å². The minimum Gasteiger partial charge on any atom is -0.398 e. The van der Waals surface area contributed by atoms with Crippen LogP contribution >= 0.6 is 0 Å². The van der Waals surface area contributed by atoms with Crippen molar-refractivity contribution < 1.29 is 9.72 Å². The quantitative estimate of drug-likeness (QED) is 0.387. The number of benzene rings is 1. The second-order valence-corrected chi connectivity index (χ2v) is 5.72. The van der Waals surface area contributed by atoms with Gasteiger partial charge in [0, 0.05) is 23.9 Å². The summed E-state index contributed by atoms with van der Waals surface area (Å²) >= 11 is 0. The average Bonchev–Trinajstić information content (AvgIpc) is 2.64. The van der Waals surface area contributed by atoms with Crippen molar-refractivity contribution in [1.82, 2.24) is 5.32 Å². The van der Waals surface area contributed by atoms with Crippen LogP contribution < -0.4 is 11.1 Å². The lowest BCUT2D eigenvalue weighted by molar-refractivity contribution is -0.384. The van der Waals surface area contributed by atoms with Crippen molar-refractivity contribution in [2.75, 3.05) is 5.73 Å². The van der Waals surface area contributed by atoms with Gasteiger partial charge in [0.15, 0.2) is 0 Å². The first-order valence-electron chi connectivity index (χ1n) is 7.34. The summed E-state index contributed by atoms with van der Waals surface area (Å²) in [4.78, 5) is 22.6. The van der Waals surface area contributed by atoms with Gasteiger partial charge in [-0.15, -0.1) is 0 Å². The van der Waals surface area contributed by atoms with Crippen molar-refractivity contribution in [3.8, 4) is 0 Å². The fourth-order valence-electron chi connectivity index (χ4n) is 2.81. The minimum atomic E-state index is -0.523. The van der Waals surface area contributed by atoms with Crippen LogP contribution in [0.5, 0.6) is 0 Å². The van der Waals surface area contributed by atoms with E-state index >= 15 is 0 Å². The number of hydrogen-bond acceptors (Lipinski definition) is 4. The number of anilines is 1. The van der Waals surface area contributed by atoms with Crippen molar-refractivity contribution in [2.45, 2.75) is 45.1 Å². The topological polar surface area (TPSA) is 98.3 Å². The number of rotatable bonds is 3. The molecular weight excluding hydrogens is 270 g/mol. The highest BCUT2D eigenvalue weighted by atomic mass is 16.6. The SMILES string of the molecule is CC1CCCCCC1NC(=O)c1cc([N+](=O)[O-])ccc1N. The first-order chi connectivity index (χ1) is 9.99. The molecular formula is C15H21N3O3. The highest BCUT2D eigenvalue weighted by Crippen LogP contribution is 2.24. The van der Waals surface area contributed by atoms with E-state index in [2.05, 4.69) is 12.2 Å². The highest BCUT2D eigenvalue weighted by Gasteiger charge is 2.23. The van der Waals surface area contributed by atoms with E-state index in [9.17, 15) is 14.9 Å². The lowest BCUT2D eigenvalue weighted by atomic mass is 9.96. The molecule has 0 saturated heterocycles. The van der Waals surface area contributed by atoms with Crippen LogP contribution in [-0.2, 0) is 0 Å². The Hall–Kier alpha value is -2.11. The Kier molecular flexibility index (Phi) is 4.77. The summed E-state index contributed by atoms with van der Waals surface area (Å²) in [5.74, 6) is 0.0892. The first kappa shape index (κ1) is 15.3. The van der Waals surface area contributed by atoms with Gasteiger partial charge in [0.1, 0.15) is 0 Å². The predicted octanol–water partition coefficient (Wildman–Crippen LogP) is 2.88. The van der Waals surface area contributed by atoms with E-state index in [1.807, 2.05) is 0 Å². The summed E-state index contributed by atoms with van der Waals surface area (Å²) in [5.41, 5.74) is 6.10. The molecule has 21 heavy (non-hydrogen) atoms. The van der Waals surface area contributed by atoms with Crippen LogP contribution in [0.25, 0.3) is 0 Å². The standard InChI is InChI=1S/C15H21N3O3/c1-10-5-3-2-4-6-14(10)17-15(19)12-9-11(18(20)21)7-8-13(12)16/h7-10,14H,2-6,16H2,1H3,(H,17,19). The number of nitro benzene ring substituents is 1. The van der Waals surface area contributed by atoms with Crippen molar-refractivity contribution in [2.24, 2.45) is 5.92 Å². The second-order valence-electron chi connectivity index (χ2n) is 5.72. The van der Waals surface area contributed by atoms with E-state index < -0.39 is 4.92 Å². The highest BCUT2D eigenvalue weighted by molar-refractivity contribution is 5.99. The molecule has 0 aliphatic heterocycles. The largest absolute Gasteiger partial charge is 0.398 e. The summed E-state index contributed by atoms with van der Waals surface area (Å²) < 4.78 is 0. The van der Waals surface area contributed by atoms with E-state index in [1.165, 1.54) is 31.0 Å². The lowest BCUT2D eigenvalue weighted by Gasteiger charge is -2.23. The molecule has 2 unspecified atom stereocenters. The summed E-state index contributed by atoms with van der Waals surface area (Å²) in [6.45, 7) is 2.13. The van der Waals surface area contributed by atoms with Crippen molar-refractivity contribution in [1.29, 1.82) is 0 Å². The smallest absolute Gasteiger partial charge is 0.270 e. The van der Waals surface area contributed by atoms with E-state index in [0.717, 1.165) is 19.3 Å². The van der Waals surface area contributed by atoms with Gasteiger partial charge >= 0.3 is 0 Å². The van der Waals surface area contributed by atoms with E-state index in [0.29, 0.717) is 5.92 Å². The molecule has 6 heteroatoms. The third-order valence-corrected chi connectivity index (χ3v) is 4.17. The molecule has 1 fully saturated rings. The zero-order valence-electron chi connectivity index (χ0n) is 12.2. The molecule has 2 rings (SSSR count). The van der Waals surface area contributed by atoms with Gasteiger partial charge < -0.3 is 11.1 Å². The summed E-state index contributed by atoms with van der Waals surface area (Å²) in [5, 5.41) is 13.8. The Morgan fingerprint density at radius 2 is 2.05 bits per heavy atom. The molecule has 1 amide bonds. The maximum atomic E-state index is 12.4. The number of nitrogen functional groups attached to an aromatic ring is 1. The van der Waals surface area contributed by atoms with Crippen LogP contribution in [-0.4, -0.2) is 16.9 Å². The number of hydrogen-bond donors (Lipinski definition) is 2. The van der Waals surface area contributed by atoms with Gasteiger partial charge in [-0.2, -0.15) is 0 Å². The summed E-state index contributed by atoms with van der Waals surface area (Å²) in [7, 11) is 0. The van der Waals surface area contributed by atoms with Crippen LogP contribution in [0.2, 0.25) is 0 Å². The Morgan fingerprint density at radius 3 is 2.76 bits per heavy atom. The van der Waals surface area contributed by atoms with Gasteiger partial charge in [0.2, 0.25) is 0 Å². The van der Waals surface area contributed by atoms with Gasteiger partial charge in [0.05, 0.1) is 10.5 Å². The van der Waals surface area contributed by atoms with Gasteiger partial charge in [-0.3, -0.25) is 14.9 Å². The number of nitrogens with one attached hydrogen (secondary N) is 1. The molecule has 1 aliphatic carbocycles. The Balaban J connectivity index is 2.15. The van der Waals surface area contributed by atoms with Gasteiger partial charge in [-0.25, -0.2) is 0 Å². The van der Waals surface area contributed by atoms with Crippen LogP contribution in [0.1, 0.15) is 49.4 Å². The van der Waals surface area contributed by atoms with Crippen molar-refractivity contribution in [3.05, 3.63) is 33.9 Å². The Bertz CT molecular complexity index is 545. The summed E-state index contributed by atoms with van der Waals surface area (Å²) in [6.07, 6.45) is 5.51. The molecule has 6 nitrogen and oxygen atoms in total. The molecule has 0 spiro atoms. The van der Waals surface area contributed by atoms with E-state index in [-0.39, 0.29) is 28.9 Å². The van der Waals surface area contributed by atoms with Crippen LogP contribution in [0.3, 0.4) is 0 Å². The number of nitrogens with two attached hydrogens (primary N) is 1. The fraction of sp³-hybridized carbons (Fsp3) is 0.533. The Morgan fingerprint density at radius 1 is 1.33 bits per heavy atom. The second kappa shape index (κ2) is 6.56. The van der Waals surface area contributed by atoms with Crippen LogP contribution in [0.4, 0.5) is 11.4 Å². The molecule has 0 radical (unpaired) electrons. The normalized spacial score (nSPS) is 22.3. The molecule has 1 aromatic rings. The first-order valence-corrected chi connectivity index (χ1v) is 7.34. The maximum absolute atomic E-state index is 12.4. The molecule has 1 aromatic carbocycles. The Labute approximate surface area is 123 Å². The molecule has 0 aromatic heterocycles. The number of non-ortho nitro benzene ring substituents is 1. The number of amides is 1. The van der Waals surface area contributed by atoms with E-state index in [1.54, 1.807) is 0 Å². The van der Waals surface area contributed by atoms with Gasteiger partial charge in [-0.1, -0.05) is 26.2 Å². The molecule has 3 N–H and O–H groups in total. The molecule has 0 heterocycles. The zero-order chi connectivity index (χ0) is 15.4. The molecule has 2 atom stereocenters. The number of nitrogens with zero attached hydrogens (tertiary/aromatic N) is 1. The number of carbonyl (C=O) groups is 1. The van der Waals surface area contributed by atoms with Gasteiger partial charge in [-0.05, 0) is 24.8 Å². The average molecular weight is 291 g/mol. The van der Waals surface area contributed by atoms with Crippen LogP contribution in [0, 0.1) is 16.0 Å². The van der Waals surface area contributed by atoms with Crippen LogP contribution in [0.15, 0.2) is 18.2 Å². The molecule has 1 aliphatic rings. The predicted molar refractivity (Wildman–Crippen MR) is 81.0 cm³/mol. The molecule has 0 bridgehead atoms. The molecule has 114 valence electrons. The third-order valence-electron chi connectivity index (χ3n) is 4.17. The number of carbonyl (C=O) groups excluding carboxylic acids is 1. The monoisotopic (exact) mass is 291 g/mol. The molecule has 1 saturated carbocycles. The zero-order valence-corrected chi connectivity index (χ0v) is 12.2. The summed E-state index contributed by atoms with van der Waals surface area (Å²) in [6, 6.07) is 4.06. The lowest BCUT2D eigenvalue weighted by Crippen LogP contribution is -2.39. The van der Waals surface area contributed by atoms with Crippen molar-refractivity contribution in [3.63, 3.8) is 0 Å². The fourth-order valence-corrected chi connectivity index (χ4v) is 2.81. The minimum absolute atomic E-state index is 0.110. The van der Waals surface area contributed by atoms with Gasteiger partial charge in [0.25, 0.3) is 11.6 Å². The maximum Gasteiger partial charge on any atom is 0.270 e. The third kappa shape index (κ3) is 3.71. The number of nitro groups is 1.